The van der Waals surface area contributed by atoms with E-state index in [0.29, 0.717) is 5.56 Å². The van der Waals surface area contributed by atoms with Gasteiger partial charge in [-0.25, -0.2) is 8.42 Å². The van der Waals surface area contributed by atoms with Crippen molar-refractivity contribution in [2.45, 2.75) is 10.8 Å². The molecule has 5 nitrogen and oxygen atoms in total. The Labute approximate surface area is 101 Å². The smallest absolute Gasteiger partial charge is 0.203 e. The van der Waals surface area contributed by atoms with Crippen molar-refractivity contribution >= 4 is 25.8 Å². The standard InChI is InChI=1S/C9H8BrN3O2S/c10-8-3-1-2-7(4-8)6-16(14,15)9-5-11-13-12-9/h1-5H,6H2,(H,11,12,13). The van der Waals surface area contributed by atoms with Crippen LogP contribution in [-0.4, -0.2) is 23.8 Å². The maximum atomic E-state index is 11.8. The molecule has 1 aromatic heterocycles. The summed E-state index contributed by atoms with van der Waals surface area (Å²) in [6.07, 6.45) is 1.20. The zero-order chi connectivity index (χ0) is 11.6. The van der Waals surface area contributed by atoms with E-state index in [1.807, 2.05) is 6.07 Å². The molecular formula is C9H8BrN3O2S. The first-order valence-electron chi connectivity index (χ1n) is 4.41. The normalized spacial score (nSPS) is 11.6. The van der Waals surface area contributed by atoms with Gasteiger partial charge in [0.15, 0.2) is 5.03 Å². The first-order chi connectivity index (χ1) is 7.58. The van der Waals surface area contributed by atoms with Crippen LogP contribution in [0, 0.1) is 0 Å². The fourth-order valence-electron chi connectivity index (χ4n) is 1.26. The van der Waals surface area contributed by atoms with Gasteiger partial charge in [0.2, 0.25) is 9.84 Å². The molecule has 2 aromatic rings. The largest absolute Gasteiger partial charge is 0.222 e. The van der Waals surface area contributed by atoms with Gasteiger partial charge in [0.05, 0.1) is 11.9 Å². The number of aromatic nitrogens is 3. The van der Waals surface area contributed by atoms with Crippen LogP contribution in [0.2, 0.25) is 0 Å². The summed E-state index contributed by atoms with van der Waals surface area (Å²) in [5.74, 6) is -0.0844. The van der Waals surface area contributed by atoms with Crippen LogP contribution in [0.1, 0.15) is 5.56 Å². The number of sulfone groups is 1. The van der Waals surface area contributed by atoms with Crippen molar-refractivity contribution in [3.63, 3.8) is 0 Å². The zero-order valence-electron chi connectivity index (χ0n) is 8.09. The average molecular weight is 302 g/mol. The first kappa shape index (κ1) is 11.3. The maximum Gasteiger partial charge on any atom is 0.203 e. The summed E-state index contributed by atoms with van der Waals surface area (Å²) in [7, 11) is -3.41. The molecule has 0 spiro atoms. The minimum Gasteiger partial charge on any atom is -0.222 e. The summed E-state index contributed by atoms with van der Waals surface area (Å²) in [4.78, 5) is 0. The number of halogens is 1. The van der Waals surface area contributed by atoms with Crippen molar-refractivity contribution < 1.29 is 8.42 Å². The molecule has 0 aliphatic rings. The molecule has 16 heavy (non-hydrogen) atoms. The highest BCUT2D eigenvalue weighted by Crippen LogP contribution is 2.16. The predicted molar refractivity (Wildman–Crippen MR) is 61.4 cm³/mol. The molecule has 0 radical (unpaired) electrons. The second-order valence-electron chi connectivity index (χ2n) is 3.20. The molecule has 0 atom stereocenters. The van der Waals surface area contributed by atoms with Gasteiger partial charge in [-0.2, -0.15) is 10.3 Å². The highest BCUT2D eigenvalue weighted by atomic mass is 79.9. The van der Waals surface area contributed by atoms with Gasteiger partial charge < -0.3 is 0 Å². The molecule has 84 valence electrons. The van der Waals surface area contributed by atoms with Gasteiger partial charge in [-0.15, -0.1) is 5.10 Å². The number of benzene rings is 1. The Morgan fingerprint density at radius 3 is 2.81 bits per heavy atom. The van der Waals surface area contributed by atoms with Crippen LogP contribution >= 0.6 is 15.9 Å². The quantitative estimate of drug-likeness (QED) is 0.933. The summed E-state index contributed by atoms with van der Waals surface area (Å²) in [5.41, 5.74) is 0.706. The van der Waals surface area contributed by atoms with Gasteiger partial charge in [-0.3, -0.25) is 0 Å². The minimum atomic E-state index is -3.41. The third-order valence-corrected chi connectivity index (χ3v) is 4.00. The Morgan fingerprint density at radius 1 is 1.38 bits per heavy atom. The van der Waals surface area contributed by atoms with Gasteiger partial charge in [0, 0.05) is 4.47 Å². The minimum absolute atomic E-state index is 0.0347. The van der Waals surface area contributed by atoms with Crippen molar-refractivity contribution in [2.75, 3.05) is 0 Å². The molecule has 0 amide bonds. The van der Waals surface area contributed by atoms with Gasteiger partial charge in [-0.1, -0.05) is 28.1 Å². The summed E-state index contributed by atoms with van der Waals surface area (Å²) in [6, 6.07) is 7.14. The van der Waals surface area contributed by atoms with Crippen molar-refractivity contribution in [2.24, 2.45) is 0 Å². The average Bonchev–Trinajstić information content (AvgIpc) is 2.69. The van der Waals surface area contributed by atoms with Crippen LogP contribution in [-0.2, 0) is 15.6 Å². The molecule has 0 saturated carbocycles. The molecule has 1 aromatic carbocycles. The Hall–Kier alpha value is -1.21. The molecule has 0 aliphatic heterocycles. The Bertz CT molecular complexity index is 581. The zero-order valence-corrected chi connectivity index (χ0v) is 10.5. The molecule has 2 rings (SSSR count). The lowest BCUT2D eigenvalue weighted by Gasteiger charge is -2.01. The number of nitrogens with one attached hydrogen (secondary N) is 1. The maximum absolute atomic E-state index is 11.8. The first-order valence-corrected chi connectivity index (χ1v) is 6.85. The van der Waals surface area contributed by atoms with E-state index in [-0.39, 0.29) is 10.8 Å². The summed E-state index contributed by atoms with van der Waals surface area (Å²) in [6.45, 7) is 0. The highest BCUT2D eigenvalue weighted by molar-refractivity contribution is 9.10. The SMILES string of the molecule is O=S(=O)(Cc1cccc(Br)c1)c1cn[nH]n1. The second kappa shape index (κ2) is 4.34. The van der Waals surface area contributed by atoms with E-state index in [4.69, 9.17) is 0 Å². The third kappa shape index (κ3) is 2.48. The third-order valence-electron chi connectivity index (χ3n) is 1.96. The monoisotopic (exact) mass is 301 g/mol. The van der Waals surface area contributed by atoms with Gasteiger partial charge in [-0.05, 0) is 17.7 Å². The molecule has 0 fully saturated rings. The molecule has 0 bridgehead atoms. The molecular weight excluding hydrogens is 294 g/mol. The van der Waals surface area contributed by atoms with Crippen molar-refractivity contribution in [3.8, 4) is 0 Å². The van der Waals surface area contributed by atoms with Crippen LogP contribution in [0.25, 0.3) is 0 Å². The number of rotatable bonds is 3. The molecule has 1 N–H and O–H groups in total. The molecule has 0 saturated heterocycles. The fourth-order valence-corrected chi connectivity index (χ4v) is 2.87. The molecule has 1 heterocycles. The molecule has 0 aliphatic carbocycles. The van der Waals surface area contributed by atoms with Gasteiger partial charge in [0.1, 0.15) is 0 Å². The van der Waals surface area contributed by atoms with Gasteiger partial charge >= 0.3 is 0 Å². The summed E-state index contributed by atoms with van der Waals surface area (Å²) >= 11 is 3.29. The van der Waals surface area contributed by atoms with Crippen molar-refractivity contribution in [1.82, 2.24) is 15.4 Å². The fraction of sp³-hybridized carbons (Fsp3) is 0.111. The van der Waals surface area contributed by atoms with E-state index in [0.717, 1.165) is 4.47 Å². The van der Waals surface area contributed by atoms with E-state index < -0.39 is 9.84 Å². The Balaban J connectivity index is 2.29. The topological polar surface area (TPSA) is 75.7 Å². The van der Waals surface area contributed by atoms with Crippen LogP contribution < -0.4 is 0 Å². The lowest BCUT2D eigenvalue weighted by atomic mass is 10.2. The number of aromatic amines is 1. The number of hydrogen-bond acceptors (Lipinski definition) is 4. The lowest BCUT2D eigenvalue weighted by molar-refractivity contribution is 0.591. The van der Waals surface area contributed by atoms with Crippen LogP contribution in [0.15, 0.2) is 40.0 Å². The number of hydrogen-bond donors (Lipinski definition) is 1. The number of nitrogens with zero attached hydrogens (tertiary/aromatic N) is 2. The Kier molecular flexibility index (Phi) is 3.06. The van der Waals surface area contributed by atoms with E-state index >= 15 is 0 Å². The summed E-state index contributed by atoms with van der Waals surface area (Å²) < 4.78 is 24.5. The second-order valence-corrected chi connectivity index (χ2v) is 6.05. The van der Waals surface area contributed by atoms with E-state index in [9.17, 15) is 8.42 Å². The molecule has 0 unspecified atom stereocenters. The van der Waals surface area contributed by atoms with E-state index in [1.165, 1.54) is 6.20 Å². The highest BCUT2D eigenvalue weighted by Gasteiger charge is 2.18. The van der Waals surface area contributed by atoms with Crippen LogP contribution in [0.3, 0.4) is 0 Å². The predicted octanol–water partition coefficient (Wildman–Crippen LogP) is 1.54. The molecule has 7 heteroatoms. The van der Waals surface area contributed by atoms with Crippen LogP contribution in [0.4, 0.5) is 0 Å². The summed E-state index contributed by atoms with van der Waals surface area (Å²) in [5, 5.41) is 9.30. The Morgan fingerprint density at radius 2 is 2.19 bits per heavy atom. The van der Waals surface area contributed by atoms with Gasteiger partial charge in [0.25, 0.3) is 0 Å². The van der Waals surface area contributed by atoms with E-state index in [1.54, 1.807) is 18.2 Å². The van der Waals surface area contributed by atoms with Crippen LogP contribution in [0.5, 0.6) is 0 Å². The lowest BCUT2D eigenvalue weighted by Crippen LogP contribution is -2.05. The number of H-pyrrole nitrogens is 1. The van der Waals surface area contributed by atoms with Crippen molar-refractivity contribution in [3.05, 3.63) is 40.5 Å². The van der Waals surface area contributed by atoms with E-state index in [2.05, 4.69) is 31.3 Å². The van der Waals surface area contributed by atoms with Crippen molar-refractivity contribution in [1.29, 1.82) is 0 Å².